The lowest BCUT2D eigenvalue weighted by atomic mass is 10.2. The Kier molecular flexibility index (Phi) is 3.39. The van der Waals surface area contributed by atoms with Gasteiger partial charge in [-0.25, -0.2) is 4.68 Å². The minimum absolute atomic E-state index is 0.579. The lowest BCUT2D eigenvalue weighted by Gasteiger charge is -2.07. The van der Waals surface area contributed by atoms with E-state index in [0.717, 1.165) is 23.6 Å². The molecule has 2 N–H and O–H groups in total. The van der Waals surface area contributed by atoms with Crippen LogP contribution < -0.4 is 10.5 Å². The number of rotatable bonds is 4. The zero-order valence-corrected chi connectivity index (χ0v) is 10.1. The summed E-state index contributed by atoms with van der Waals surface area (Å²) in [5, 5.41) is 4.34. The average Bonchev–Trinajstić information content (AvgIpc) is 2.58. The summed E-state index contributed by atoms with van der Waals surface area (Å²) >= 11 is 0. The highest BCUT2D eigenvalue weighted by atomic mass is 16.5. The van der Waals surface area contributed by atoms with Gasteiger partial charge in [0.1, 0.15) is 5.75 Å². The van der Waals surface area contributed by atoms with E-state index in [1.54, 1.807) is 17.1 Å². The van der Waals surface area contributed by atoms with Crippen LogP contribution in [0.25, 0.3) is 0 Å². The molecule has 0 saturated heterocycles. The van der Waals surface area contributed by atoms with Crippen LogP contribution in [0.5, 0.6) is 11.6 Å². The molecular formula is C12H16N4O. The van der Waals surface area contributed by atoms with Gasteiger partial charge in [0, 0.05) is 18.8 Å². The molecule has 2 rings (SSSR count). The van der Waals surface area contributed by atoms with Gasteiger partial charge in [-0.1, -0.05) is 0 Å². The summed E-state index contributed by atoms with van der Waals surface area (Å²) < 4.78 is 7.53. The second-order valence-electron chi connectivity index (χ2n) is 3.82. The minimum Gasteiger partial charge on any atom is -0.437 e. The normalized spacial score (nSPS) is 10.5. The number of hydrogen-bond acceptors (Lipinski definition) is 4. The Morgan fingerprint density at radius 1 is 1.47 bits per heavy atom. The summed E-state index contributed by atoms with van der Waals surface area (Å²) in [5.41, 5.74) is 7.61. The first-order chi connectivity index (χ1) is 8.22. The fourth-order valence-electron chi connectivity index (χ4n) is 1.76. The van der Waals surface area contributed by atoms with E-state index in [0.29, 0.717) is 12.3 Å². The molecule has 2 heterocycles. The Bertz CT molecular complexity index is 493. The number of pyridine rings is 1. The van der Waals surface area contributed by atoms with Crippen LogP contribution in [0.3, 0.4) is 0 Å². The lowest BCUT2D eigenvalue weighted by Crippen LogP contribution is -2.05. The molecular weight excluding hydrogens is 216 g/mol. The molecule has 0 amide bonds. The van der Waals surface area contributed by atoms with Gasteiger partial charge in [-0.3, -0.25) is 4.98 Å². The van der Waals surface area contributed by atoms with Crippen LogP contribution >= 0.6 is 0 Å². The van der Waals surface area contributed by atoms with Crippen LogP contribution in [0.1, 0.15) is 11.3 Å². The van der Waals surface area contributed by atoms with Crippen LogP contribution in [0.2, 0.25) is 0 Å². The second-order valence-corrected chi connectivity index (χ2v) is 3.82. The van der Waals surface area contributed by atoms with Crippen molar-refractivity contribution in [2.75, 3.05) is 6.54 Å². The van der Waals surface area contributed by atoms with Crippen LogP contribution in [0.15, 0.2) is 24.5 Å². The first-order valence-corrected chi connectivity index (χ1v) is 5.52. The fraction of sp³-hybridized carbons (Fsp3) is 0.333. The molecule has 0 radical (unpaired) electrons. The zero-order valence-electron chi connectivity index (χ0n) is 10.1. The summed E-state index contributed by atoms with van der Waals surface area (Å²) in [5.74, 6) is 1.44. The molecule has 2 aromatic rings. The molecule has 0 aliphatic carbocycles. The van der Waals surface area contributed by atoms with Gasteiger partial charge < -0.3 is 10.5 Å². The Labute approximate surface area is 100 Å². The van der Waals surface area contributed by atoms with E-state index in [2.05, 4.69) is 10.1 Å². The molecule has 90 valence electrons. The van der Waals surface area contributed by atoms with Crippen molar-refractivity contribution in [3.8, 4) is 11.6 Å². The molecule has 0 unspecified atom stereocenters. The first-order valence-electron chi connectivity index (χ1n) is 5.52. The molecule has 0 atom stereocenters. The van der Waals surface area contributed by atoms with E-state index < -0.39 is 0 Å². The van der Waals surface area contributed by atoms with E-state index >= 15 is 0 Å². The molecule has 5 heteroatoms. The van der Waals surface area contributed by atoms with E-state index in [4.69, 9.17) is 10.5 Å². The van der Waals surface area contributed by atoms with Gasteiger partial charge in [0.25, 0.3) is 0 Å². The molecule has 0 aliphatic rings. The third kappa shape index (κ3) is 2.45. The van der Waals surface area contributed by atoms with E-state index in [-0.39, 0.29) is 0 Å². The van der Waals surface area contributed by atoms with Gasteiger partial charge in [-0.2, -0.15) is 5.10 Å². The lowest BCUT2D eigenvalue weighted by molar-refractivity contribution is 0.424. The number of nitrogens with zero attached hydrogens (tertiary/aromatic N) is 3. The van der Waals surface area contributed by atoms with E-state index in [1.807, 2.05) is 26.1 Å². The standard InChI is InChI=1S/C12H16N4O/c1-9-11(5-6-13)12(16(2)15-9)17-10-4-3-7-14-8-10/h3-4,7-8H,5-6,13H2,1-2H3. The van der Waals surface area contributed by atoms with Crippen molar-refractivity contribution < 1.29 is 4.74 Å². The average molecular weight is 232 g/mol. The van der Waals surface area contributed by atoms with Crippen LogP contribution in [0, 0.1) is 6.92 Å². The Morgan fingerprint density at radius 3 is 2.94 bits per heavy atom. The maximum absolute atomic E-state index is 5.80. The van der Waals surface area contributed by atoms with E-state index in [1.165, 1.54) is 0 Å². The third-order valence-corrected chi connectivity index (χ3v) is 2.53. The first kappa shape index (κ1) is 11.6. The molecule has 0 aliphatic heterocycles. The molecule has 17 heavy (non-hydrogen) atoms. The summed E-state index contributed by atoms with van der Waals surface area (Å²) in [6.45, 7) is 2.54. The van der Waals surface area contributed by atoms with Crippen LogP contribution in [-0.4, -0.2) is 21.3 Å². The Hall–Kier alpha value is -1.88. The predicted molar refractivity (Wildman–Crippen MR) is 65.0 cm³/mol. The van der Waals surface area contributed by atoms with Gasteiger partial charge in [-0.15, -0.1) is 0 Å². The highest BCUT2D eigenvalue weighted by molar-refractivity contribution is 5.35. The van der Waals surface area contributed by atoms with Crippen molar-refractivity contribution in [1.82, 2.24) is 14.8 Å². The smallest absolute Gasteiger partial charge is 0.221 e. The molecule has 0 bridgehead atoms. The fourth-order valence-corrected chi connectivity index (χ4v) is 1.76. The van der Waals surface area contributed by atoms with Crippen LogP contribution in [-0.2, 0) is 13.5 Å². The highest BCUT2D eigenvalue weighted by Crippen LogP contribution is 2.26. The Balaban J connectivity index is 2.31. The summed E-state index contributed by atoms with van der Waals surface area (Å²) in [6, 6.07) is 3.70. The molecule has 0 spiro atoms. The molecule has 2 aromatic heterocycles. The number of nitrogens with two attached hydrogens (primary N) is 1. The van der Waals surface area contributed by atoms with Crippen molar-refractivity contribution in [3.63, 3.8) is 0 Å². The van der Waals surface area contributed by atoms with Crippen molar-refractivity contribution in [3.05, 3.63) is 35.8 Å². The third-order valence-electron chi connectivity index (χ3n) is 2.53. The SMILES string of the molecule is Cc1nn(C)c(Oc2cccnc2)c1CCN. The second kappa shape index (κ2) is 4.97. The molecule has 0 saturated carbocycles. The van der Waals surface area contributed by atoms with E-state index in [9.17, 15) is 0 Å². The van der Waals surface area contributed by atoms with Crippen molar-refractivity contribution >= 4 is 0 Å². The largest absolute Gasteiger partial charge is 0.437 e. The minimum atomic E-state index is 0.579. The van der Waals surface area contributed by atoms with Crippen molar-refractivity contribution in [2.45, 2.75) is 13.3 Å². The Morgan fingerprint density at radius 2 is 2.29 bits per heavy atom. The quantitative estimate of drug-likeness (QED) is 0.865. The summed E-state index contributed by atoms with van der Waals surface area (Å²) in [7, 11) is 1.86. The zero-order chi connectivity index (χ0) is 12.3. The van der Waals surface area contributed by atoms with Gasteiger partial charge in [0.05, 0.1) is 11.9 Å². The summed E-state index contributed by atoms with van der Waals surface area (Å²) in [4.78, 5) is 4.01. The molecule has 0 fully saturated rings. The number of ether oxygens (including phenoxy) is 1. The highest BCUT2D eigenvalue weighted by Gasteiger charge is 2.14. The van der Waals surface area contributed by atoms with Gasteiger partial charge in [0.15, 0.2) is 0 Å². The number of aromatic nitrogens is 3. The molecule has 5 nitrogen and oxygen atoms in total. The van der Waals surface area contributed by atoms with Gasteiger partial charge >= 0.3 is 0 Å². The van der Waals surface area contributed by atoms with Gasteiger partial charge in [0.2, 0.25) is 5.88 Å². The van der Waals surface area contributed by atoms with Gasteiger partial charge in [-0.05, 0) is 32.0 Å². The predicted octanol–water partition coefficient (Wildman–Crippen LogP) is 1.42. The van der Waals surface area contributed by atoms with Crippen molar-refractivity contribution in [2.24, 2.45) is 12.8 Å². The molecule has 0 aromatic carbocycles. The van der Waals surface area contributed by atoms with Crippen LogP contribution in [0.4, 0.5) is 0 Å². The number of aryl methyl sites for hydroxylation is 2. The number of hydrogen-bond donors (Lipinski definition) is 1. The maximum Gasteiger partial charge on any atom is 0.221 e. The summed E-state index contributed by atoms with van der Waals surface area (Å²) in [6.07, 6.45) is 4.14. The van der Waals surface area contributed by atoms with Crippen molar-refractivity contribution in [1.29, 1.82) is 0 Å². The monoisotopic (exact) mass is 232 g/mol. The topological polar surface area (TPSA) is 66.0 Å². The maximum atomic E-state index is 5.80.